The van der Waals surface area contributed by atoms with Crippen molar-refractivity contribution in [1.29, 1.82) is 0 Å². The molecule has 119 heavy (non-hydrogen) atoms. The number of likely N-dealkylation sites (tertiary alicyclic amines) is 1. The first-order chi connectivity index (χ1) is 56.8. The molecule has 0 unspecified atom stereocenters. The monoisotopic (exact) mass is 1680 g/mol. The number of rotatable bonds is 52. The lowest BCUT2D eigenvalue weighted by molar-refractivity contribution is -0.148. The number of carboxylic acid groups (broad SMARTS) is 1. The number of carboxylic acids is 1. The van der Waals surface area contributed by atoms with Crippen LogP contribution in [0.25, 0.3) is 10.9 Å². The van der Waals surface area contributed by atoms with Crippen LogP contribution in [0.2, 0.25) is 0 Å². The number of methoxy groups -OCH3 is 2. The zero-order valence-corrected chi connectivity index (χ0v) is 72.2. The van der Waals surface area contributed by atoms with Gasteiger partial charge in [-0.1, -0.05) is 129 Å². The molecule has 3 heterocycles. The summed E-state index contributed by atoms with van der Waals surface area (Å²) in [4.78, 5) is 172. The number of fused-ring (bicyclic) bond motifs is 1. The topological polar surface area (TPSA) is 433 Å². The minimum Gasteiger partial charge on any atom is -0.481 e. The number of nitrogens with zero attached hydrogens (tertiary/aromatic N) is 5. The van der Waals surface area contributed by atoms with Crippen molar-refractivity contribution in [2.75, 3.05) is 86.7 Å². The number of nitrogens with two attached hydrogens (primary N) is 1. The molecule has 0 radical (unpaired) electrons. The van der Waals surface area contributed by atoms with Crippen LogP contribution in [-0.4, -0.2) is 237 Å². The maximum absolute atomic E-state index is 14.9. The SMILES string of the molecule is CC[C@H](C)[C@@H]([C@@H](CC(=O)N1CCC[C@H]1[C@H](OC)[C@@H](C)C(=O)N[C@@H](Cc1ccccc1)c1nccs1)OC)N(C)C(=O)[C@@H](NC(=O)[C@H](C(C)C)N(C)C(=O)OCc1ccc(NC(=O)[C@H](CCCNC(N)=O)NC(=O)[C@@H](NC(=O)CCOCCOCCNC(=O)[C@H](CCC(=O)O)NC(=O)CCn2c(CNC)cc3ccccc32)C(C)C)cc1)C(C)C. The van der Waals surface area contributed by atoms with E-state index in [-0.39, 0.29) is 115 Å². The number of ether oxygens (including phenoxy) is 5. The molecule has 34 heteroatoms. The number of aryl methyl sites for hydroxylation is 1. The predicted molar refractivity (Wildman–Crippen MR) is 451 cm³/mol. The van der Waals surface area contributed by atoms with Crippen molar-refractivity contribution in [3.63, 3.8) is 0 Å². The van der Waals surface area contributed by atoms with E-state index in [9.17, 15) is 62.6 Å². The van der Waals surface area contributed by atoms with E-state index in [1.54, 1.807) is 96.0 Å². The van der Waals surface area contributed by atoms with Crippen LogP contribution in [0.1, 0.15) is 154 Å². The number of carbonyl (C=O) groups is 12. The standard InChI is InChI=1S/C85H127N15O18S/c1-15-55(8)75(67(114-13)49-70(103)100-40-22-28-66(100)76(115-14)56(9)77(106)94-64(82-89-39-46-119-82)47-57-23-17-16-18-24-57)97(11)83(111)73(53(4)5)96-81(110)74(54(6)7)98(12)85(113)118-51-58-29-31-60(32-30-58)91-79(108)62(26-21-37-90-84(86)112)93-80(109)72(52(2)3)95-69(102)36-42-116-44-45-117-43-38-88-78(107)63(33-34-71(104)105)92-68(101)35-41-99-61(50-87-10)48-59-25-19-20-27-65(59)99/h16-20,23-25,27,29-32,39,46,48,52-56,62-64,66-67,72-76,87H,15,21-22,26,28,33-38,40-45,47,49-51H2,1-14H3,(H,88,107)(H,91,108)(H,92,101)(H,93,109)(H,94,106)(H,95,102)(H,96,110)(H,104,105)(H3,86,90,112)/t55-,56+,62-,63-,64-,66-,67+,72-,73-,74-,75-,76+/m0/s1. The smallest absolute Gasteiger partial charge is 0.410 e. The number of thiazole rings is 1. The number of aromatic nitrogens is 2. The van der Waals surface area contributed by atoms with Gasteiger partial charge in [-0.05, 0) is 110 Å². The molecule has 5 aromatic rings. The van der Waals surface area contributed by atoms with E-state index >= 15 is 0 Å². The quantitative estimate of drug-likeness (QED) is 0.0183. The molecule has 1 aliphatic heterocycles. The van der Waals surface area contributed by atoms with Crippen LogP contribution >= 0.6 is 11.3 Å². The average Bonchev–Trinajstić information content (AvgIpc) is 1.70. The van der Waals surface area contributed by atoms with Gasteiger partial charge in [0.05, 0.1) is 69.1 Å². The summed E-state index contributed by atoms with van der Waals surface area (Å²) < 4.78 is 31.2. The molecule has 12 atom stereocenters. The van der Waals surface area contributed by atoms with Gasteiger partial charge in [-0.25, -0.2) is 14.6 Å². The fraction of sp³-hybridized carbons (Fsp3) is 0.588. The van der Waals surface area contributed by atoms with Crippen LogP contribution in [0.4, 0.5) is 15.3 Å². The molecule has 1 aliphatic rings. The summed E-state index contributed by atoms with van der Waals surface area (Å²) in [5.74, 6) is -7.52. The highest BCUT2D eigenvalue weighted by atomic mass is 32.1. The third kappa shape index (κ3) is 30.6. The fourth-order valence-electron chi connectivity index (χ4n) is 14.8. The number of anilines is 1. The van der Waals surface area contributed by atoms with E-state index in [1.807, 2.05) is 98.4 Å². The summed E-state index contributed by atoms with van der Waals surface area (Å²) in [5, 5.41) is 38.5. The first-order valence-electron chi connectivity index (χ1n) is 41.1. The molecule has 12 amide bonds. The number of hydrogen-bond donors (Lipinski definition) is 11. The summed E-state index contributed by atoms with van der Waals surface area (Å²) in [5.41, 5.74) is 9.10. The lowest BCUT2D eigenvalue weighted by Gasteiger charge is -2.41. The Morgan fingerprint density at radius 1 is 0.672 bits per heavy atom. The lowest BCUT2D eigenvalue weighted by Crippen LogP contribution is -2.60. The second-order valence-corrected chi connectivity index (χ2v) is 32.1. The van der Waals surface area contributed by atoms with Crippen LogP contribution in [0.5, 0.6) is 0 Å². The van der Waals surface area contributed by atoms with Gasteiger partial charge in [-0.3, -0.25) is 52.8 Å². The van der Waals surface area contributed by atoms with Gasteiger partial charge < -0.3 is 96.7 Å². The van der Waals surface area contributed by atoms with Gasteiger partial charge in [0, 0.05) is 109 Å². The number of amides is 12. The second-order valence-electron chi connectivity index (χ2n) is 31.2. The van der Waals surface area contributed by atoms with E-state index in [0.29, 0.717) is 56.6 Å². The Kier molecular flexibility index (Phi) is 41.1. The molecule has 1 saturated heterocycles. The molecule has 2 aromatic heterocycles. The molecule has 12 N–H and O–H groups in total. The first kappa shape index (κ1) is 97.7. The number of carbonyl (C=O) groups excluding carboxylic acids is 11. The van der Waals surface area contributed by atoms with Crippen molar-refractivity contribution in [2.24, 2.45) is 35.3 Å². The Hall–Kier alpha value is -10.1. The van der Waals surface area contributed by atoms with E-state index in [2.05, 4.69) is 52.8 Å². The Morgan fingerprint density at radius 2 is 1.34 bits per heavy atom. The summed E-state index contributed by atoms with van der Waals surface area (Å²) in [6.07, 6.45) is 1.53. The summed E-state index contributed by atoms with van der Waals surface area (Å²) in [6, 6.07) is 18.3. The third-order valence-electron chi connectivity index (χ3n) is 21.4. The van der Waals surface area contributed by atoms with Gasteiger partial charge in [-0.15, -0.1) is 11.3 Å². The maximum Gasteiger partial charge on any atom is 0.410 e. The normalized spacial score (nSPS) is 15.5. The molecule has 0 spiro atoms. The van der Waals surface area contributed by atoms with Crippen molar-refractivity contribution in [1.82, 2.24) is 66.8 Å². The number of benzene rings is 3. The van der Waals surface area contributed by atoms with Crippen LogP contribution in [-0.2, 0) is 97.7 Å². The van der Waals surface area contributed by atoms with Gasteiger partial charge in [0.2, 0.25) is 53.2 Å². The lowest BCUT2D eigenvalue weighted by atomic mass is 9.89. The molecule has 656 valence electrons. The molecule has 1 fully saturated rings. The number of hydrogen-bond acceptors (Lipinski definition) is 20. The van der Waals surface area contributed by atoms with E-state index in [4.69, 9.17) is 29.4 Å². The number of urea groups is 1. The van der Waals surface area contributed by atoms with Gasteiger partial charge >= 0.3 is 18.1 Å². The van der Waals surface area contributed by atoms with Crippen LogP contribution in [0.3, 0.4) is 0 Å². The Labute approximate surface area is 702 Å². The number of likely N-dealkylation sites (N-methyl/N-ethyl adjacent to an activating group) is 2. The minimum atomic E-state index is -1.16. The highest BCUT2D eigenvalue weighted by Gasteiger charge is 2.44. The summed E-state index contributed by atoms with van der Waals surface area (Å²) in [7, 11) is 7.97. The second kappa shape index (κ2) is 50.1. The Morgan fingerprint density at radius 3 is 1.97 bits per heavy atom. The molecular weight excluding hydrogens is 1550 g/mol. The number of aliphatic carboxylic acids is 1. The number of primary amides is 1. The third-order valence-corrected chi connectivity index (χ3v) is 22.3. The van der Waals surface area contributed by atoms with E-state index < -0.39 is 138 Å². The Balaban J connectivity index is 0.964. The molecular formula is C85H127N15O18S. The molecule has 0 aliphatic carbocycles. The first-order valence-corrected chi connectivity index (χ1v) is 41.9. The largest absolute Gasteiger partial charge is 0.481 e. The van der Waals surface area contributed by atoms with Crippen molar-refractivity contribution in [2.45, 2.75) is 213 Å². The van der Waals surface area contributed by atoms with Crippen molar-refractivity contribution < 1.29 is 86.3 Å². The number of nitrogens with one attached hydrogen (secondary N) is 9. The fourth-order valence-corrected chi connectivity index (χ4v) is 15.5. The van der Waals surface area contributed by atoms with E-state index in [0.717, 1.165) is 27.2 Å². The van der Waals surface area contributed by atoms with Crippen LogP contribution in [0, 0.1) is 29.6 Å². The molecule has 33 nitrogen and oxygen atoms in total. The average molecular weight is 1680 g/mol. The zero-order chi connectivity index (χ0) is 87.4. The molecule has 0 bridgehead atoms. The molecule has 6 rings (SSSR count). The van der Waals surface area contributed by atoms with Crippen molar-refractivity contribution >= 4 is 99.2 Å². The number of para-hydroxylation sites is 1. The Bertz CT molecular complexity index is 4080. The van der Waals surface area contributed by atoms with Gasteiger partial charge in [0.1, 0.15) is 41.8 Å². The minimum absolute atomic E-state index is 0.0416. The summed E-state index contributed by atoms with van der Waals surface area (Å²) >= 11 is 1.46. The van der Waals surface area contributed by atoms with Crippen LogP contribution in [0.15, 0.2) is 96.5 Å². The summed E-state index contributed by atoms with van der Waals surface area (Å²) in [6.45, 7) is 17.8. The molecule has 0 saturated carbocycles. The predicted octanol–water partition coefficient (Wildman–Crippen LogP) is 6.56. The van der Waals surface area contributed by atoms with Crippen LogP contribution < -0.4 is 53.6 Å². The zero-order valence-electron chi connectivity index (χ0n) is 71.4. The van der Waals surface area contributed by atoms with E-state index in [1.165, 1.54) is 30.4 Å². The maximum atomic E-state index is 14.9. The van der Waals surface area contributed by atoms with Crippen molar-refractivity contribution in [3.05, 3.63) is 118 Å². The van der Waals surface area contributed by atoms with Gasteiger partial charge in [0.15, 0.2) is 0 Å². The highest BCUT2D eigenvalue weighted by Crippen LogP contribution is 2.32. The van der Waals surface area contributed by atoms with Crippen molar-refractivity contribution in [3.8, 4) is 0 Å². The van der Waals surface area contributed by atoms with Gasteiger partial charge in [0.25, 0.3) is 0 Å². The highest BCUT2D eigenvalue weighted by molar-refractivity contribution is 7.09. The van der Waals surface area contributed by atoms with Gasteiger partial charge in [-0.2, -0.15) is 0 Å². The molecule has 3 aromatic carbocycles.